The lowest BCUT2D eigenvalue weighted by molar-refractivity contribution is -0.137. The van der Waals surface area contributed by atoms with Crippen LogP contribution in [0.1, 0.15) is 55.8 Å². The third kappa shape index (κ3) is 7.77. The molecule has 1 aromatic carbocycles. The van der Waals surface area contributed by atoms with Crippen molar-refractivity contribution in [3.8, 4) is 11.5 Å². The second-order valence-electron chi connectivity index (χ2n) is 9.80. The number of aromatic nitrogens is 1. The van der Waals surface area contributed by atoms with Crippen LogP contribution in [-0.2, 0) is 9.53 Å². The van der Waals surface area contributed by atoms with Crippen molar-refractivity contribution >= 4 is 45.2 Å². The molecule has 41 heavy (non-hydrogen) atoms. The molecule has 11 nitrogen and oxygen atoms in total. The molecule has 2 aliphatic heterocycles. The van der Waals surface area contributed by atoms with Crippen molar-refractivity contribution in [2.24, 2.45) is 0 Å². The van der Waals surface area contributed by atoms with Crippen LogP contribution in [0.2, 0.25) is 0 Å². The normalized spacial score (nSPS) is 18.8. The molecule has 4 rings (SSSR count). The average molecular weight is 606 g/mol. The van der Waals surface area contributed by atoms with Gasteiger partial charge in [0.15, 0.2) is 17.7 Å². The number of hydrogen-bond donors (Lipinski definition) is 2. The number of benzene rings is 1. The zero-order chi connectivity index (χ0) is 29.4. The number of ether oxygens (including phenoxy) is 3. The fraction of sp³-hybridized carbons (Fsp3) is 0.500. The molecule has 2 amide bonds. The first-order valence-corrected chi connectivity index (χ1v) is 15.8. The summed E-state index contributed by atoms with van der Waals surface area (Å²) in [7, 11) is 4.46. The van der Waals surface area contributed by atoms with E-state index in [0.29, 0.717) is 50.1 Å². The minimum Gasteiger partial charge on any atom is -0.493 e. The van der Waals surface area contributed by atoms with Gasteiger partial charge in [0.05, 0.1) is 31.0 Å². The van der Waals surface area contributed by atoms with E-state index in [1.165, 1.54) is 40.8 Å². The van der Waals surface area contributed by atoms with Crippen molar-refractivity contribution in [1.82, 2.24) is 9.88 Å². The first kappa shape index (κ1) is 30.8. The number of methoxy groups -OCH3 is 1. The van der Waals surface area contributed by atoms with Crippen molar-refractivity contribution in [3.05, 3.63) is 42.1 Å². The van der Waals surface area contributed by atoms with Crippen LogP contribution in [0.15, 0.2) is 41.6 Å². The van der Waals surface area contributed by atoms with Crippen LogP contribution >= 0.6 is 21.6 Å². The highest BCUT2D eigenvalue weighted by atomic mass is 33.1. The maximum Gasteiger partial charge on any atom is 0.416 e. The van der Waals surface area contributed by atoms with Crippen LogP contribution in [-0.4, -0.2) is 82.5 Å². The number of carbonyl (C=O) groups excluding carboxylic acids is 2. The van der Waals surface area contributed by atoms with Crippen LogP contribution < -0.4 is 14.4 Å². The predicted octanol–water partition coefficient (Wildman–Crippen LogP) is 4.82. The van der Waals surface area contributed by atoms with Crippen LogP contribution in [0.4, 0.5) is 10.5 Å². The first-order chi connectivity index (χ1) is 19.8. The number of aliphatic hydroxyl groups is 1. The van der Waals surface area contributed by atoms with Crippen molar-refractivity contribution in [3.63, 3.8) is 0 Å². The van der Waals surface area contributed by atoms with E-state index in [-0.39, 0.29) is 42.0 Å². The molecule has 2 N–H and O–H groups in total. The Morgan fingerprint density at radius 2 is 2.02 bits per heavy atom. The minimum atomic E-state index is -1.31. The molecule has 2 aliphatic rings. The molecule has 222 valence electrons. The van der Waals surface area contributed by atoms with Gasteiger partial charge in [-0.05, 0) is 68.0 Å². The van der Waals surface area contributed by atoms with Gasteiger partial charge in [-0.2, -0.15) is 0 Å². The number of hydrogen-bond acceptors (Lipinski definition) is 10. The largest absolute Gasteiger partial charge is 0.493 e. The maximum atomic E-state index is 13.6. The van der Waals surface area contributed by atoms with Crippen molar-refractivity contribution in [2.75, 3.05) is 31.8 Å². The molecule has 13 heteroatoms. The zero-order valence-corrected chi connectivity index (χ0v) is 24.7. The molecule has 0 aliphatic carbocycles. The molecule has 0 bridgehead atoms. The highest BCUT2D eigenvalue weighted by Crippen LogP contribution is 2.41. The Labute approximate surface area is 246 Å². The van der Waals surface area contributed by atoms with E-state index in [1.54, 1.807) is 11.1 Å². The molecule has 1 fully saturated rings. The molecule has 3 unspecified atom stereocenters. The minimum absolute atomic E-state index is 0.0740. The van der Waals surface area contributed by atoms with Gasteiger partial charge in [-0.15, -0.1) is 0 Å². The van der Waals surface area contributed by atoms with Gasteiger partial charge in [0.2, 0.25) is 0 Å². The quantitative estimate of drug-likeness (QED) is 0.240. The summed E-state index contributed by atoms with van der Waals surface area (Å²) >= 11 is 0. The number of carboxylic acid groups (broad SMARTS) is 1. The number of rotatable bonds is 13. The van der Waals surface area contributed by atoms with Crippen LogP contribution in [0.5, 0.6) is 11.5 Å². The van der Waals surface area contributed by atoms with E-state index in [9.17, 15) is 19.5 Å². The Hall–Kier alpha value is -3.16. The summed E-state index contributed by atoms with van der Waals surface area (Å²) in [5, 5.41) is 21.0. The number of aliphatic carboxylic acids is 1. The van der Waals surface area contributed by atoms with Crippen LogP contribution in [0.3, 0.4) is 0 Å². The van der Waals surface area contributed by atoms with E-state index in [2.05, 4.69) is 4.98 Å². The molecule has 2 aromatic rings. The van der Waals surface area contributed by atoms with E-state index < -0.39 is 24.3 Å². The highest BCUT2D eigenvalue weighted by Gasteiger charge is 2.45. The van der Waals surface area contributed by atoms with E-state index in [0.717, 1.165) is 9.93 Å². The number of aliphatic hydroxyl groups excluding tert-OH is 1. The number of fused-ring (bicyclic) bond motifs is 2. The van der Waals surface area contributed by atoms with E-state index in [1.807, 2.05) is 25.1 Å². The zero-order valence-electron chi connectivity index (χ0n) is 23.1. The van der Waals surface area contributed by atoms with Gasteiger partial charge in [-0.1, -0.05) is 16.9 Å². The molecule has 0 saturated carbocycles. The number of nitrogens with zero attached hydrogens (tertiary/aromatic N) is 3. The Morgan fingerprint density at radius 1 is 1.20 bits per heavy atom. The number of carbonyl (C=O) groups is 3. The first-order valence-electron chi connectivity index (χ1n) is 13.6. The fourth-order valence-electron chi connectivity index (χ4n) is 4.77. The monoisotopic (exact) mass is 605 g/mol. The van der Waals surface area contributed by atoms with Gasteiger partial charge in [0.25, 0.3) is 5.91 Å². The van der Waals surface area contributed by atoms with Crippen LogP contribution in [0.25, 0.3) is 0 Å². The van der Waals surface area contributed by atoms with Gasteiger partial charge in [-0.3, -0.25) is 9.59 Å². The van der Waals surface area contributed by atoms with E-state index in [4.69, 9.17) is 19.3 Å². The standard InChI is InChI=1S/C28H35N3O8S2/c1-18(40-41-24-10-5-6-12-29-24)17-39-28(36)31-21-16-23(38-14-7-3-4-11-25(32)33)22(37-2)15-19(21)26(34)30-13-8-9-20(30)27(31)35/h5-6,10,12,15-16,18,20,27,35H,3-4,7-9,11,13-14,17H2,1-2H3,(H,32,33). The average Bonchev–Trinajstić information content (AvgIpc) is 3.44. The molecule has 0 radical (unpaired) electrons. The lowest BCUT2D eigenvalue weighted by Gasteiger charge is -2.32. The number of unbranched alkanes of at least 4 members (excludes halogenated alkanes) is 2. The summed E-state index contributed by atoms with van der Waals surface area (Å²) < 4.78 is 17.1. The summed E-state index contributed by atoms with van der Waals surface area (Å²) in [5.41, 5.74) is 0.399. The Bertz CT molecular complexity index is 1220. The third-order valence-corrected chi connectivity index (χ3v) is 9.57. The third-order valence-electron chi connectivity index (χ3n) is 6.81. The number of carboxylic acids is 1. The number of anilines is 1. The van der Waals surface area contributed by atoms with Crippen molar-refractivity contribution in [2.45, 2.75) is 68.0 Å². The lowest BCUT2D eigenvalue weighted by Crippen LogP contribution is -2.51. The van der Waals surface area contributed by atoms with Gasteiger partial charge in [0.1, 0.15) is 11.6 Å². The van der Waals surface area contributed by atoms with Gasteiger partial charge >= 0.3 is 12.1 Å². The van der Waals surface area contributed by atoms with Crippen molar-refractivity contribution in [1.29, 1.82) is 0 Å². The maximum absolute atomic E-state index is 13.6. The molecular formula is C28H35N3O8S2. The Morgan fingerprint density at radius 3 is 2.76 bits per heavy atom. The Kier molecular flexibility index (Phi) is 11.0. The molecule has 3 heterocycles. The summed E-state index contributed by atoms with van der Waals surface area (Å²) in [4.78, 5) is 44.8. The van der Waals surface area contributed by atoms with Crippen LogP contribution in [0, 0.1) is 0 Å². The fourth-order valence-corrected chi connectivity index (χ4v) is 6.65. The van der Waals surface area contributed by atoms with Gasteiger partial charge < -0.3 is 29.3 Å². The highest BCUT2D eigenvalue weighted by molar-refractivity contribution is 8.76. The second-order valence-corrected chi connectivity index (χ2v) is 12.5. The molecule has 1 aromatic heterocycles. The summed E-state index contributed by atoms with van der Waals surface area (Å²) in [6, 6.07) is 8.14. The van der Waals surface area contributed by atoms with E-state index >= 15 is 0 Å². The number of pyridine rings is 1. The summed E-state index contributed by atoms with van der Waals surface area (Å²) in [6.45, 7) is 2.77. The topological polar surface area (TPSA) is 139 Å². The van der Waals surface area contributed by atoms with Gasteiger partial charge in [0, 0.05) is 30.5 Å². The summed E-state index contributed by atoms with van der Waals surface area (Å²) in [5.74, 6) is -0.514. The van der Waals surface area contributed by atoms with Gasteiger partial charge in [-0.25, -0.2) is 14.7 Å². The smallest absolute Gasteiger partial charge is 0.416 e. The second kappa shape index (κ2) is 14.6. The Balaban J connectivity index is 1.52. The van der Waals surface area contributed by atoms with Crippen molar-refractivity contribution < 1.29 is 38.8 Å². The molecule has 0 spiro atoms. The SMILES string of the molecule is COc1cc2c(cc1OCCCCCC(=O)O)N(C(=O)OCC(C)SSc1ccccn1)C(O)C1CCCN1C2=O. The molecule has 1 saturated heterocycles. The molecule has 3 atom stereocenters. The summed E-state index contributed by atoms with van der Waals surface area (Å²) in [6.07, 6.45) is 2.82. The molecular weight excluding hydrogens is 570 g/mol. The predicted molar refractivity (Wildman–Crippen MR) is 156 cm³/mol. The lowest BCUT2D eigenvalue weighted by atomic mass is 10.1. The number of amides is 2.